The van der Waals surface area contributed by atoms with Crippen LogP contribution in [0.5, 0.6) is 0 Å². The van der Waals surface area contributed by atoms with E-state index in [1.807, 2.05) is 24.3 Å². The summed E-state index contributed by atoms with van der Waals surface area (Å²) in [5, 5.41) is 2.73. The van der Waals surface area contributed by atoms with E-state index in [-0.39, 0.29) is 12.5 Å². The van der Waals surface area contributed by atoms with E-state index < -0.39 is 10.0 Å². The zero-order valence-corrected chi connectivity index (χ0v) is 14.6. The number of para-hydroxylation sites is 2. The van der Waals surface area contributed by atoms with Crippen LogP contribution in [0.15, 0.2) is 52.9 Å². The van der Waals surface area contributed by atoms with Crippen molar-refractivity contribution in [2.45, 2.75) is 6.54 Å². The third-order valence-corrected chi connectivity index (χ3v) is 4.93. The van der Waals surface area contributed by atoms with E-state index in [0.717, 1.165) is 16.1 Å². The molecule has 1 amide bonds. The maximum atomic E-state index is 12.2. The van der Waals surface area contributed by atoms with E-state index in [9.17, 15) is 13.2 Å². The Morgan fingerprint density at radius 1 is 1.16 bits per heavy atom. The largest absolute Gasteiger partial charge is 0.439 e. The summed E-state index contributed by atoms with van der Waals surface area (Å²) in [6.07, 6.45) is 1.12. The Morgan fingerprint density at radius 2 is 1.84 bits per heavy atom. The van der Waals surface area contributed by atoms with Crippen LogP contribution in [-0.4, -0.2) is 32.6 Å². The van der Waals surface area contributed by atoms with Crippen LogP contribution in [0.1, 0.15) is 16.2 Å². The fourth-order valence-corrected chi connectivity index (χ4v) is 2.77. The van der Waals surface area contributed by atoms with Crippen LogP contribution in [0, 0.1) is 0 Å². The van der Waals surface area contributed by atoms with Crippen LogP contribution in [0.4, 0.5) is 5.69 Å². The van der Waals surface area contributed by atoms with Crippen molar-refractivity contribution in [2.24, 2.45) is 0 Å². The van der Waals surface area contributed by atoms with E-state index in [1.54, 1.807) is 24.3 Å². The second-order valence-corrected chi connectivity index (χ2v) is 7.55. The van der Waals surface area contributed by atoms with Gasteiger partial charge in [-0.15, -0.1) is 0 Å². The van der Waals surface area contributed by atoms with Crippen molar-refractivity contribution in [3.63, 3.8) is 0 Å². The molecule has 0 spiro atoms. The molecule has 0 atom stereocenters. The van der Waals surface area contributed by atoms with Crippen LogP contribution in [-0.2, 0) is 16.6 Å². The molecule has 25 heavy (non-hydrogen) atoms. The van der Waals surface area contributed by atoms with E-state index in [2.05, 4.69) is 10.3 Å². The lowest BCUT2D eigenvalue weighted by Crippen LogP contribution is -2.25. The molecule has 0 aliphatic carbocycles. The summed E-state index contributed by atoms with van der Waals surface area (Å²) in [5.74, 6) is 0.124. The number of fused-ring (bicyclic) bond motifs is 1. The maximum Gasteiger partial charge on any atom is 0.251 e. The molecule has 0 saturated heterocycles. The molecule has 0 saturated carbocycles. The van der Waals surface area contributed by atoms with Crippen LogP contribution in [0.3, 0.4) is 0 Å². The second kappa shape index (κ2) is 6.56. The first kappa shape index (κ1) is 17.0. The zero-order valence-electron chi connectivity index (χ0n) is 13.8. The highest BCUT2D eigenvalue weighted by atomic mass is 32.2. The number of hydrogen-bond donors (Lipinski definition) is 1. The summed E-state index contributed by atoms with van der Waals surface area (Å²) in [6, 6.07) is 13.7. The van der Waals surface area contributed by atoms with Crippen molar-refractivity contribution in [1.82, 2.24) is 10.3 Å². The summed E-state index contributed by atoms with van der Waals surface area (Å²) >= 11 is 0. The highest BCUT2D eigenvalue weighted by Crippen LogP contribution is 2.17. The molecular weight excluding hydrogens is 342 g/mol. The van der Waals surface area contributed by atoms with Gasteiger partial charge in [0.25, 0.3) is 5.91 Å². The average molecular weight is 359 g/mol. The van der Waals surface area contributed by atoms with Crippen LogP contribution >= 0.6 is 0 Å². The first-order valence-corrected chi connectivity index (χ1v) is 9.36. The lowest BCUT2D eigenvalue weighted by atomic mass is 10.2. The molecule has 0 unspecified atom stereocenters. The Morgan fingerprint density at radius 3 is 2.48 bits per heavy atom. The SMILES string of the molecule is CN(c1ccc(C(=O)NCc2nc3ccccc3o2)cc1)S(C)(=O)=O. The maximum absolute atomic E-state index is 12.2. The molecule has 1 aromatic heterocycles. The summed E-state index contributed by atoms with van der Waals surface area (Å²) in [7, 11) is -1.88. The molecule has 0 radical (unpaired) electrons. The highest BCUT2D eigenvalue weighted by Gasteiger charge is 2.13. The van der Waals surface area contributed by atoms with Gasteiger partial charge in [-0.25, -0.2) is 13.4 Å². The van der Waals surface area contributed by atoms with Crippen molar-refractivity contribution in [1.29, 1.82) is 0 Å². The molecule has 1 N–H and O–H groups in total. The fourth-order valence-electron chi connectivity index (χ4n) is 2.27. The lowest BCUT2D eigenvalue weighted by molar-refractivity contribution is 0.0947. The fraction of sp³-hybridized carbons (Fsp3) is 0.176. The minimum Gasteiger partial charge on any atom is -0.439 e. The van der Waals surface area contributed by atoms with Gasteiger partial charge in [-0.2, -0.15) is 0 Å². The standard InChI is InChI=1S/C17H17N3O4S/c1-20(25(2,22)23)13-9-7-12(8-10-13)17(21)18-11-16-19-14-5-3-4-6-15(14)24-16/h3-10H,11H2,1-2H3,(H,18,21). The van der Waals surface area contributed by atoms with Crippen LogP contribution in [0.2, 0.25) is 0 Å². The zero-order chi connectivity index (χ0) is 18.0. The van der Waals surface area contributed by atoms with Gasteiger partial charge in [0.05, 0.1) is 18.5 Å². The van der Waals surface area contributed by atoms with Crippen molar-refractivity contribution < 1.29 is 17.6 Å². The topological polar surface area (TPSA) is 92.5 Å². The van der Waals surface area contributed by atoms with Gasteiger partial charge in [0.15, 0.2) is 5.58 Å². The second-order valence-electron chi connectivity index (χ2n) is 5.54. The number of oxazole rings is 1. The predicted molar refractivity (Wildman–Crippen MR) is 94.9 cm³/mol. The molecule has 8 heteroatoms. The van der Waals surface area contributed by atoms with Crippen molar-refractivity contribution in [3.8, 4) is 0 Å². The minimum absolute atomic E-state index is 0.165. The summed E-state index contributed by atoms with van der Waals surface area (Å²) in [6.45, 7) is 0.165. The summed E-state index contributed by atoms with van der Waals surface area (Å²) in [5.41, 5.74) is 2.31. The molecular formula is C17H17N3O4S. The third kappa shape index (κ3) is 3.80. The molecule has 2 aromatic carbocycles. The van der Waals surface area contributed by atoms with E-state index in [4.69, 9.17) is 4.42 Å². The first-order chi connectivity index (χ1) is 11.8. The normalized spacial score (nSPS) is 11.4. The van der Waals surface area contributed by atoms with Gasteiger partial charge in [-0.05, 0) is 36.4 Å². The molecule has 3 rings (SSSR count). The number of amides is 1. The Kier molecular flexibility index (Phi) is 4.45. The predicted octanol–water partition coefficient (Wildman–Crippen LogP) is 2.15. The van der Waals surface area contributed by atoms with E-state index >= 15 is 0 Å². The van der Waals surface area contributed by atoms with E-state index in [1.165, 1.54) is 7.05 Å². The quantitative estimate of drug-likeness (QED) is 0.753. The van der Waals surface area contributed by atoms with Gasteiger partial charge in [-0.1, -0.05) is 12.1 Å². The number of nitrogens with one attached hydrogen (secondary N) is 1. The summed E-state index contributed by atoms with van der Waals surface area (Å²) < 4.78 is 29.7. The third-order valence-electron chi connectivity index (χ3n) is 3.73. The number of carbonyl (C=O) groups is 1. The molecule has 0 bridgehead atoms. The smallest absolute Gasteiger partial charge is 0.251 e. The number of nitrogens with zero attached hydrogens (tertiary/aromatic N) is 2. The number of rotatable bonds is 5. The molecule has 130 valence electrons. The monoisotopic (exact) mass is 359 g/mol. The number of aromatic nitrogens is 1. The Bertz CT molecular complexity index is 977. The molecule has 0 fully saturated rings. The van der Waals surface area contributed by atoms with Crippen molar-refractivity contribution in [3.05, 3.63) is 60.0 Å². The summed E-state index contributed by atoms with van der Waals surface area (Å²) in [4.78, 5) is 16.5. The number of anilines is 1. The van der Waals surface area contributed by atoms with Gasteiger partial charge in [-0.3, -0.25) is 9.10 Å². The van der Waals surface area contributed by atoms with Crippen LogP contribution in [0.25, 0.3) is 11.1 Å². The van der Waals surface area contributed by atoms with Gasteiger partial charge < -0.3 is 9.73 Å². The van der Waals surface area contributed by atoms with Gasteiger partial charge in [0, 0.05) is 12.6 Å². The molecule has 0 aliphatic rings. The van der Waals surface area contributed by atoms with Crippen molar-refractivity contribution in [2.75, 3.05) is 17.6 Å². The Balaban J connectivity index is 1.67. The van der Waals surface area contributed by atoms with Gasteiger partial charge in [0.2, 0.25) is 15.9 Å². The Labute approximate surface area is 145 Å². The molecule has 7 nitrogen and oxygen atoms in total. The van der Waals surface area contributed by atoms with Gasteiger partial charge in [0.1, 0.15) is 5.52 Å². The number of hydrogen-bond acceptors (Lipinski definition) is 5. The lowest BCUT2D eigenvalue weighted by Gasteiger charge is -2.16. The molecule has 0 aliphatic heterocycles. The average Bonchev–Trinajstić information content (AvgIpc) is 3.01. The van der Waals surface area contributed by atoms with Gasteiger partial charge >= 0.3 is 0 Å². The molecule has 1 heterocycles. The Hall–Kier alpha value is -2.87. The van der Waals surface area contributed by atoms with Crippen LogP contribution < -0.4 is 9.62 Å². The number of carbonyl (C=O) groups excluding carboxylic acids is 1. The minimum atomic E-state index is -3.34. The number of sulfonamides is 1. The molecule has 3 aromatic rings. The van der Waals surface area contributed by atoms with E-state index in [0.29, 0.717) is 22.7 Å². The highest BCUT2D eigenvalue weighted by molar-refractivity contribution is 7.92. The first-order valence-electron chi connectivity index (χ1n) is 7.51. The van der Waals surface area contributed by atoms with Crippen molar-refractivity contribution >= 4 is 32.7 Å². The number of benzene rings is 2.